The first-order valence-corrected chi connectivity index (χ1v) is 6.85. The molecule has 3 heteroatoms. The lowest BCUT2D eigenvalue weighted by molar-refractivity contribution is -0.157. The van der Waals surface area contributed by atoms with E-state index in [9.17, 15) is 4.79 Å². The second-order valence-electron chi connectivity index (χ2n) is 6.17. The molecule has 0 aromatic heterocycles. The summed E-state index contributed by atoms with van der Waals surface area (Å²) in [6.45, 7) is 8.54. The lowest BCUT2D eigenvalue weighted by atomic mass is 9.89. The summed E-state index contributed by atoms with van der Waals surface area (Å²) in [5, 5.41) is 3.30. The van der Waals surface area contributed by atoms with Crippen molar-refractivity contribution >= 4 is 5.97 Å². The quantitative estimate of drug-likeness (QED) is 0.769. The zero-order chi connectivity index (χ0) is 12.9. The van der Waals surface area contributed by atoms with Gasteiger partial charge in [0.25, 0.3) is 0 Å². The summed E-state index contributed by atoms with van der Waals surface area (Å²) in [6, 6.07) is -0.198. The molecule has 1 N–H and O–H groups in total. The fraction of sp³-hybridized carbons (Fsp3) is 0.929. The van der Waals surface area contributed by atoms with Gasteiger partial charge in [0.15, 0.2) is 0 Å². The molecule has 17 heavy (non-hydrogen) atoms. The number of nitrogens with one attached hydrogen (secondary N) is 1. The Balaban J connectivity index is 2.23. The summed E-state index contributed by atoms with van der Waals surface area (Å²) in [7, 11) is 0. The zero-order valence-corrected chi connectivity index (χ0v) is 11.7. The van der Waals surface area contributed by atoms with E-state index in [4.69, 9.17) is 4.74 Å². The van der Waals surface area contributed by atoms with Gasteiger partial charge in [0, 0.05) is 0 Å². The highest BCUT2D eigenvalue weighted by Gasteiger charge is 2.22. The Kier molecular flexibility index (Phi) is 5.44. The summed E-state index contributed by atoms with van der Waals surface area (Å²) >= 11 is 0. The van der Waals surface area contributed by atoms with Gasteiger partial charge in [-0.3, -0.25) is 4.79 Å². The highest BCUT2D eigenvalue weighted by molar-refractivity contribution is 5.75. The standard InChI is InChI=1S/C14H27NO2/c1-11(13(16)17-14(2,3)4)15-10-12-8-6-5-7-9-12/h11-12,15H,5-10H2,1-4H3/t11-/m1/s1. The molecule has 0 heterocycles. The molecule has 0 unspecified atom stereocenters. The minimum absolute atomic E-state index is 0.145. The van der Waals surface area contributed by atoms with Crippen LogP contribution in [0, 0.1) is 5.92 Å². The molecule has 0 saturated heterocycles. The smallest absolute Gasteiger partial charge is 0.323 e. The topological polar surface area (TPSA) is 38.3 Å². The normalized spacial score (nSPS) is 20.0. The van der Waals surface area contributed by atoms with Gasteiger partial charge in [-0.25, -0.2) is 0 Å². The van der Waals surface area contributed by atoms with E-state index in [0.29, 0.717) is 0 Å². The van der Waals surface area contributed by atoms with Gasteiger partial charge in [-0.05, 0) is 53.0 Å². The van der Waals surface area contributed by atoms with Gasteiger partial charge in [0.05, 0.1) is 0 Å². The predicted molar refractivity (Wildman–Crippen MR) is 69.9 cm³/mol. The SMILES string of the molecule is C[C@@H](NCC1CCCCC1)C(=O)OC(C)(C)C. The van der Waals surface area contributed by atoms with Crippen LogP contribution in [0.2, 0.25) is 0 Å². The monoisotopic (exact) mass is 241 g/mol. The largest absolute Gasteiger partial charge is 0.459 e. The fourth-order valence-corrected chi connectivity index (χ4v) is 2.21. The molecular weight excluding hydrogens is 214 g/mol. The van der Waals surface area contributed by atoms with E-state index in [2.05, 4.69) is 5.32 Å². The molecule has 0 bridgehead atoms. The van der Waals surface area contributed by atoms with Crippen molar-refractivity contribution in [1.29, 1.82) is 0 Å². The van der Waals surface area contributed by atoms with Gasteiger partial charge in [0.2, 0.25) is 0 Å². The zero-order valence-electron chi connectivity index (χ0n) is 11.7. The van der Waals surface area contributed by atoms with Crippen LogP contribution in [-0.4, -0.2) is 24.2 Å². The van der Waals surface area contributed by atoms with Gasteiger partial charge < -0.3 is 10.1 Å². The molecule has 0 aromatic carbocycles. The number of ether oxygens (including phenoxy) is 1. The summed E-state index contributed by atoms with van der Waals surface area (Å²) in [5.41, 5.74) is -0.391. The summed E-state index contributed by atoms with van der Waals surface area (Å²) in [6.07, 6.45) is 6.65. The van der Waals surface area contributed by atoms with Crippen LogP contribution in [0.5, 0.6) is 0 Å². The average Bonchev–Trinajstić information content (AvgIpc) is 2.25. The molecule has 1 aliphatic rings. The van der Waals surface area contributed by atoms with Crippen LogP contribution in [-0.2, 0) is 9.53 Å². The van der Waals surface area contributed by atoms with Crippen molar-refractivity contribution < 1.29 is 9.53 Å². The molecule has 1 atom stereocenters. The molecule has 1 saturated carbocycles. The van der Waals surface area contributed by atoms with E-state index < -0.39 is 5.60 Å². The van der Waals surface area contributed by atoms with Crippen molar-refractivity contribution in [2.24, 2.45) is 5.92 Å². The first kappa shape index (κ1) is 14.5. The Bertz CT molecular complexity index is 239. The molecular formula is C14H27NO2. The van der Waals surface area contributed by atoms with E-state index in [1.165, 1.54) is 32.1 Å². The molecule has 1 fully saturated rings. The summed E-state index contributed by atoms with van der Waals surface area (Å²) < 4.78 is 5.34. The fourth-order valence-electron chi connectivity index (χ4n) is 2.21. The number of esters is 1. The minimum Gasteiger partial charge on any atom is -0.459 e. The van der Waals surface area contributed by atoms with Gasteiger partial charge in [-0.2, -0.15) is 0 Å². The van der Waals surface area contributed by atoms with E-state index in [-0.39, 0.29) is 12.0 Å². The molecule has 3 nitrogen and oxygen atoms in total. The predicted octanol–water partition coefficient (Wildman–Crippen LogP) is 2.89. The molecule has 0 amide bonds. The maximum Gasteiger partial charge on any atom is 0.323 e. The summed E-state index contributed by atoms with van der Waals surface area (Å²) in [5.74, 6) is 0.599. The summed E-state index contributed by atoms with van der Waals surface area (Å²) in [4.78, 5) is 11.7. The van der Waals surface area contributed by atoms with Gasteiger partial charge >= 0.3 is 5.97 Å². The van der Waals surface area contributed by atoms with E-state index in [0.717, 1.165) is 12.5 Å². The lowest BCUT2D eigenvalue weighted by Gasteiger charge is -2.25. The van der Waals surface area contributed by atoms with E-state index >= 15 is 0 Å². The van der Waals surface area contributed by atoms with Crippen molar-refractivity contribution in [3.8, 4) is 0 Å². The first-order valence-electron chi connectivity index (χ1n) is 6.85. The number of carbonyl (C=O) groups excluding carboxylic acids is 1. The molecule has 0 aliphatic heterocycles. The first-order chi connectivity index (χ1) is 7.88. The second-order valence-corrected chi connectivity index (χ2v) is 6.17. The Morgan fingerprint density at radius 1 is 1.29 bits per heavy atom. The third kappa shape index (κ3) is 6.06. The molecule has 1 rings (SSSR count). The molecule has 0 spiro atoms. The van der Waals surface area contributed by atoms with E-state index in [1.54, 1.807) is 0 Å². The van der Waals surface area contributed by atoms with Crippen molar-refractivity contribution in [3.05, 3.63) is 0 Å². The average molecular weight is 241 g/mol. The lowest BCUT2D eigenvalue weighted by Crippen LogP contribution is -2.41. The van der Waals surface area contributed by atoms with Crippen molar-refractivity contribution in [1.82, 2.24) is 5.32 Å². The number of carbonyl (C=O) groups is 1. The number of hydrogen-bond donors (Lipinski definition) is 1. The second kappa shape index (κ2) is 6.39. The maximum absolute atomic E-state index is 11.7. The van der Waals surface area contributed by atoms with Crippen molar-refractivity contribution in [3.63, 3.8) is 0 Å². The molecule has 1 aliphatic carbocycles. The van der Waals surface area contributed by atoms with Crippen LogP contribution in [0.15, 0.2) is 0 Å². The third-order valence-corrected chi connectivity index (χ3v) is 3.20. The highest BCUT2D eigenvalue weighted by Crippen LogP contribution is 2.22. The Morgan fingerprint density at radius 3 is 2.41 bits per heavy atom. The van der Waals surface area contributed by atoms with Crippen LogP contribution in [0.25, 0.3) is 0 Å². The van der Waals surface area contributed by atoms with Crippen molar-refractivity contribution in [2.75, 3.05) is 6.54 Å². The Hall–Kier alpha value is -0.570. The van der Waals surface area contributed by atoms with Crippen LogP contribution in [0.1, 0.15) is 59.8 Å². The van der Waals surface area contributed by atoms with E-state index in [1.807, 2.05) is 27.7 Å². The Morgan fingerprint density at radius 2 is 1.88 bits per heavy atom. The van der Waals surface area contributed by atoms with Gasteiger partial charge in [-0.1, -0.05) is 19.3 Å². The van der Waals surface area contributed by atoms with Crippen molar-refractivity contribution in [2.45, 2.75) is 71.4 Å². The molecule has 100 valence electrons. The van der Waals surface area contributed by atoms with Crippen LogP contribution >= 0.6 is 0 Å². The Labute approximate surface area is 105 Å². The van der Waals surface area contributed by atoms with Gasteiger partial charge in [0.1, 0.15) is 11.6 Å². The maximum atomic E-state index is 11.7. The molecule has 0 radical (unpaired) electrons. The number of hydrogen-bond acceptors (Lipinski definition) is 3. The highest BCUT2D eigenvalue weighted by atomic mass is 16.6. The number of rotatable bonds is 4. The van der Waals surface area contributed by atoms with Crippen LogP contribution in [0.3, 0.4) is 0 Å². The van der Waals surface area contributed by atoms with Crippen LogP contribution < -0.4 is 5.32 Å². The van der Waals surface area contributed by atoms with Gasteiger partial charge in [-0.15, -0.1) is 0 Å². The van der Waals surface area contributed by atoms with Crippen LogP contribution in [0.4, 0.5) is 0 Å². The third-order valence-electron chi connectivity index (χ3n) is 3.20. The molecule has 0 aromatic rings. The minimum atomic E-state index is -0.391.